The van der Waals surface area contributed by atoms with Gasteiger partial charge in [-0.05, 0) is 47.0 Å². The average molecular weight is 419 g/mol. The largest absolute Gasteiger partial charge is 0.679 e. The monoisotopic (exact) mass is 418 g/mol. The lowest BCUT2D eigenvalue weighted by atomic mass is 9.68. The Balaban J connectivity index is 3.18. The number of esters is 2. The maximum atomic E-state index is 12.5. The van der Waals surface area contributed by atoms with E-state index in [2.05, 4.69) is 0 Å². The topological polar surface area (TPSA) is 89.5 Å². The minimum atomic E-state index is -3.34. The van der Waals surface area contributed by atoms with Crippen molar-refractivity contribution in [2.75, 3.05) is 34.0 Å². The number of allylic oxidation sites excluding steroid dienone is 1. The van der Waals surface area contributed by atoms with Crippen LogP contribution in [0.25, 0.3) is 0 Å². The second-order valence-corrected chi connectivity index (χ2v) is 8.55. The van der Waals surface area contributed by atoms with Gasteiger partial charge in [0.2, 0.25) is 0 Å². The van der Waals surface area contributed by atoms with Crippen molar-refractivity contribution in [2.45, 2.75) is 53.1 Å². The van der Waals surface area contributed by atoms with Crippen molar-refractivity contribution in [3.05, 3.63) is 12.2 Å². The summed E-state index contributed by atoms with van der Waals surface area (Å²) in [6.07, 6.45) is 4.37. The Kier molecular flexibility index (Phi) is 10.3. The zero-order valence-corrected chi connectivity index (χ0v) is 18.8. The maximum absolute atomic E-state index is 12.5. The first-order chi connectivity index (χ1) is 13.4. The fourth-order valence-electron chi connectivity index (χ4n) is 3.61. The van der Waals surface area contributed by atoms with Gasteiger partial charge in [-0.2, -0.15) is 0 Å². The molecule has 162 valence electrons. The minimum absolute atomic E-state index is 0.218. The smallest absolute Gasteiger partial charge is 0.468 e. The van der Waals surface area contributed by atoms with E-state index >= 15 is 0 Å². The first-order valence-corrected chi connectivity index (χ1v) is 11.4. The Morgan fingerprint density at radius 3 is 1.89 bits per heavy atom. The molecule has 0 spiro atoms. The Morgan fingerprint density at radius 2 is 1.50 bits per heavy atom. The number of carbonyl (C=O) groups excluding carboxylic acids is 2. The quantitative estimate of drug-likeness (QED) is 0.219. The molecule has 28 heavy (non-hydrogen) atoms. The molecule has 1 saturated carbocycles. The Bertz CT molecular complexity index is 503. The molecule has 0 bridgehead atoms. The molecule has 2 atom stereocenters. The lowest BCUT2D eigenvalue weighted by molar-refractivity contribution is -0.175. The molecule has 0 aromatic rings. The predicted molar refractivity (Wildman–Crippen MR) is 104 cm³/mol. The molecule has 0 aliphatic heterocycles. The standard InChI is InChI=1S/C19H34O8Si/c1-7-11-15-14-19(17(20)22-5,18(21)23-6)13-12-16(15)27-28(24-8-2,25-9-3)26-10-4/h7,11,15-16H,8-10,12-14H2,1-6H3/b11-7+/t15-,16-/m1/s1. The molecule has 0 aromatic heterocycles. The average Bonchev–Trinajstić information content (AvgIpc) is 2.69. The van der Waals surface area contributed by atoms with Crippen LogP contribution in [0.1, 0.15) is 47.0 Å². The highest BCUT2D eigenvalue weighted by atomic mass is 28.4. The van der Waals surface area contributed by atoms with Crippen LogP contribution in [-0.4, -0.2) is 61.1 Å². The van der Waals surface area contributed by atoms with Crippen molar-refractivity contribution in [3.63, 3.8) is 0 Å². The lowest BCUT2D eigenvalue weighted by Gasteiger charge is -2.42. The number of ether oxygens (including phenoxy) is 2. The highest BCUT2D eigenvalue weighted by Gasteiger charge is 2.56. The van der Waals surface area contributed by atoms with E-state index in [0.29, 0.717) is 26.2 Å². The molecule has 0 heterocycles. The normalized spacial score (nSPS) is 22.2. The van der Waals surface area contributed by atoms with Gasteiger partial charge < -0.3 is 27.2 Å². The van der Waals surface area contributed by atoms with Gasteiger partial charge in [-0.15, -0.1) is 0 Å². The molecule has 0 saturated heterocycles. The van der Waals surface area contributed by atoms with Gasteiger partial charge in [0.05, 0.1) is 20.3 Å². The summed E-state index contributed by atoms with van der Waals surface area (Å²) in [6.45, 7) is 8.61. The Morgan fingerprint density at radius 1 is 1.00 bits per heavy atom. The van der Waals surface area contributed by atoms with Crippen molar-refractivity contribution in [3.8, 4) is 0 Å². The summed E-state index contributed by atoms with van der Waals surface area (Å²) in [5.41, 5.74) is -1.35. The molecular formula is C19H34O8Si. The van der Waals surface area contributed by atoms with E-state index in [1.165, 1.54) is 14.2 Å². The first-order valence-electron chi connectivity index (χ1n) is 9.77. The number of carbonyl (C=O) groups is 2. The van der Waals surface area contributed by atoms with Crippen molar-refractivity contribution >= 4 is 21.0 Å². The molecule has 0 unspecified atom stereocenters. The van der Waals surface area contributed by atoms with Crippen LogP contribution in [0, 0.1) is 11.3 Å². The molecule has 0 radical (unpaired) electrons. The summed E-state index contributed by atoms with van der Waals surface area (Å²) in [6, 6.07) is 0. The van der Waals surface area contributed by atoms with Crippen LogP contribution in [0.3, 0.4) is 0 Å². The zero-order valence-electron chi connectivity index (χ0n) is 17.8. The summed E-state index contributed by atoms with van der Waals surface area (Å²) in [7, 11) is -0.787. The minimum Gasteiger partial charge on any atom is -0.468 e. The highest BCUT2D eigenvalue weighted by molar-refractivity contribution is 6.53. The van der Waals surface area contributed by atoms with Crippen LogP contribution in [0.2, 0.25) is 0 Å². The summed E-state index contributed by atoms with van der Waals surface area (Å²) < 4.78 is 33.5. The summed E-state index contributed by atoms with van der Waals surface area (Å²) in [4.78, 5) is 25.0. The highest BCUT2D eigenvalue weighted by Crippen LogP contribution is 2.44. The number of hydrogen-bond acceptors (Lipinski definition) is 8. The molecule has 0 amide bonds. The molecule has 1 aliphatic rings. The van der Waals surface area contributed by atoms with Crippen LogP contribution < -0.4 is 0 Å². The van der Waals surface area contributed by atoms with Crippen molar-refractivity contribution in [1.29, 1.82) is 0 Å². The molecule has 0 N–H and O–H groups in total. The van der Waals surface area contributed by atoms with Gasteiger partial charge in [0.25, 0.3) is 0 Å². The van der Waals surface area contributed by atoms with E-state index in [1.807, 2.05) is 39.8 Å². The van der Waals surface area contributed by atoms with Crippen molar-refractivity contribution in [1.82, 2.24) is 0 Å². The van der Waals surface area contributed by atoms with E-state index < -0.39 is 26.4 Å². The van der Waals surface area contributed by atoms with Crippen LogP contribution >= 0.6 is 0 Å². The first kappa shape index (κ1) is 24.8. The Hall–Kier alpha value is -1.26. The van der Waals surface area contributed by atoms with Gasteiger partial charge in [0.15, 0.2) is 5.41 Å². The summed E-state index contributed by atoms with van der Waals surface area (Å²) in [5, 5.41) is 0. The van der Waals surface area contributed by atoms with E-state index in [1.54, 1.807) is 0 Å². The van der Waals surface area contributed by atoms with Crippen molar-refractivity contribution in [2.24, 2.45) is 11.3 Å². The third-order valence-corrected chi connectivity index (χ3v) is 7.29. The molecule has 8 nitrogen and oxygen atoms in total. The molecular weight excluding hydrogens is 384 g/mol. The van der Waals surface area contributed by atoms with E-state index in [4.69, 9.17) is 27.2 Å². The lowest BCUT2D eigenvalue weighted by Crippen LogP contribution is -2.55. The fourth-order valence-corrected chi connectivity index (χ4v) is 5.79. The van der Waals surface area contributed by atoms with Crippen LogP contribution in [0.4, 0.5) is 0 Å². The second kappa shape index (κ2) is 11.7. The Labute approximate surface area is 168 Å². The van der Waals surface area contributed by atoms with E-state index in [-0.39, 0.29) is 24.9 Å². The predicted octanol–water partition coefficient (Wildman–Crippen LogP) is 2.63. The zero-order chi connectivity index (χ0) is 21.2. The molecule has 1 rings (SSSR count). The third kappa shape index (κ3) is 5.63. The molecule has 0 aromatic carbocycles. The molecule has 9 heteroatoms. The number of rotatable bonds is 11. The van der Waals surface area contributed by atoms with E-state index in [0.717, 1.165) is 0 Å². The van der Waals surface area contributed by atoms with Gasteiger partial charge in [-0.3, -0.25) is 9.59 Å². The van der Waals surface area contributed by atoms with Gasteiger partial charge in [0.1, 0.15) is 0 Å². The van der Waals surface area contributed by atoms with Gasteiger partial charge in [-0.1, -0.05) is 12.2 Å². The van der Waals surface area contributed by atoms with Gasteiger partial charge in [-0.25, -0.2) is 0 Å². The second-order valence-electron chi connectivity index (χ2n) is 6.45. The van der Waals surface area contributed by atoms with Crippen LogP contribution in [0.5, 0.6) is 0 Å². The van der Waals surface area contributed by atoms with Crippen LogP contribution in [-0.2, 0) is 36.8 Å². The van der Waals surface area contributed by atoms with Gasteiger partial charge >= 0.3 is 21.0 Å². The van der Waals surface area contributed by atoms with Crippen molar-refractivity contribution < 1.29 is 36.8 Å². The fraction of sp³-hybridized carbons (Fsp3) is 0.789. The molecule has 1 fully saturated rings. The molecule has 1 aliphatic carbocycles. The summed E-state index contributed by atoms with van der Waals surface area (Å²) >= 11 is 0. The van der Waals surface area contributed by atoms with Gasteiger partial charge in [0, 0.05) is 25.7 Å². The van der Waals surface area contributed by atoms with E-state index in [9.17, 15) is 9.59 Å². The number of methoxy groups -OCH3 is 2. The third-order valence-electron chi connectivity index (χ3n) is 4.77. The summed E-state index contributed by atoms with van der Waals surface area (Å²) in [5.74, 6) is -1.41. The maximum Gasteiger partial charge on any atom is 0.679 e. The van der Waals surface area contributed by atoms with Crippen LogP contribution in [0.15, 0.2) is 12.2 Å². The SMILES string of the molecule is C/C=C/[C@@H]1CC(C(=O)OC)(C(=O)OC)CC[C@H]1O[Si](OCC)(OCC)OCC. The number of hydrogen-bond donors (Lipinski definition) is 0.